The lowest BCUT2D eigenvalue weighted by atomic mass is 10.1. The second-order valence-corrected chi connectivity index (χ2v) is 4.33. The zero-order chi connectivity index (χ0) is 10.6. The molecule has 2 heteroatoms. The van der Waals surface area contributed by atoms with Gasteiger partial charge in [-0.3, -0.25) is 0 Å². The van der Waals surface area contributed by atoms with Gasteiger partial charge in [0.2, 0.25) is 0 Å². The van der Waals surface area contributed by atoms with Gasteiger partial charge in [0.25, 0.3) is 0 Å². The molecule has 0 spiro atoms. The van der Waals surface area contributed by atoms with E-state index in [0.29, 0.717) is 6.42 Å². The molecule has 0 aliphatic heterocycles. The highest BCUT2D eigenvalue weighted by molar-refractivity contribution is 9.15. The molecule has 0 bridgehead atoms. The molecule has 0 atom stereocenters. The average molecular weight is 272 g/mol. The van der Waals surface area contributed by atoms with Crippen LogP contribution in [-0.2, 0) is 0 Å². The van der Waals surface area contributed by atoms with Crippen LogP contribution in [-0.4, -0.2) is 0 Å². The average Bonchev–Trinajstić information content (AvgIpc) is 2.18. The van der Waals surface area contributed by atoms with E-state index in [2.05, 4.69) is 41.6 Å². The van der Waals surface area contributed by atoms with E-state index < -0.39 is 0 Å². The molecule has 0 N–H and O–H groups in total. The Kier molecular flexibility index (Phi) is 4.43. The number of benzene rings is 1. The summed E-state index contributed by atoms with van der Waals surface area (Å²) in [4.78, 5) is 0. The van der Waals surface area contributed by atoms with E-state index in [9.17, 15) is 0 Å². The highest BCUT2D eigenvalue weighted by Gasteiger charge is 2.02. The van der Waals surface area contributed by atoms with Crippen molar-refractivity contribution in [3.63, 3.8) is 0 Å². The van der Waals surface area contributed by atoms with Crippen molar-refractivity contribution in [2.24, 2.45) is 0 Å². The van der Waals surface area contributed by atoms with E-state index in [4.69, 9.17) is 11.6 Å². The van der Waals surface area contributed by atoms with Gasteiger partial charge in [-0.1, -0.05) is 47.5 Å². The monoisotopic (exact) mass is 270 g/mol. The summed E-state index contributed by atoms with van der Waals surface area (Å²) in [5, 5.41) is 0.781. The second kappa shape index (κ2) is 5.38. The molecule has 0 aliphatic rings. The molecule has 0 amide bonds. The minimum atomic E-state index is 0.690. The van der Waals surface area contributed by atoms with Gasteiger partial charge in [-0.05, 0) is 28.4 Å². The molecule has 0 unspecified atom stereocenters. The van der Waals surface area contributed by atoms with E-state index in [1.807, 2.05) is 12.1 Å². The van der Waals surface area contributed by atoms with Crippen molar-refractivity contribution in [1.82, 2.24) is 0 Å². The third-order valence-corrected chi connectivity index (χ3v) is 3.37. The molecule has 0 saturated heterocycles. The van der Waals surface area contributed by atoms with Gasteiger partial charge >= 0.3 is 0 Å². The van der Waals surface area contributed by atoms with Crippen LogP contribution in [0, 0.1) is 6.92 Å². The van der Waals surface area contributed by atoms with E-state index in [1.54, 1.807) is 6.08 Å². The zero-order valence-corrected chi connectivity index (χ0v) is 10.4. The Morgan fingerprint density at radius 3 is 2.50 bits per heavy atom. The summed E-state index contributed by atoms with van der Waals surface area (Å²) in [5.74, 6) is 0. The Bertz CT molecular complexity index is 349. The maximum Gasteiger partial charge on any atom is 0.0396 e. The summed E-state index contributed by atoms with van der Waals surface area (Å²) in [6.07, 6.45) is 2.48. The lowest BCUT2D eigenvalue weighted by Crippen LogP contribution is -1.80. The molecule has 0 nitrogen and oxygen atoms in total. The molecule has 0 heterocycles. The van der Waals surface area contributed by atoms with Gasteiger partial charge in [-0.2, -0.15) is 0 Å². The lowest BCUT2D eigenvalue weighted by molar-refractivity contribution is 1.37. The van der Waals surface area contributed by atoms with Crippen molar-refractivity contribution >= 4 is 32.0 Å². The van der Waals surface area contributed by atoms with Gasteiger partial charge in [-0.25, -0.2) is 0 Å². The third-order valence-electron chi connectivity index (χ3n) is 1.87. The minimum Gasteiger partial charge on any atom is -0.103 e. The van der Waals surface area contributed by atoms with Crippen molar-refractivity contribution in [2.75, 3.05) is 0 Å². The Labute approximate surface area is 98.4 Å². The molecule has 74 valence electrons. The molecular weight excluding hydrogens is 259 g/mol. The molecule has 0 radical (unpaired) electrons. The fourth-order valence-electron chi connectivity index (χ4n) is 1.07. The molecule has 0 aliphatic carbocycles. The van der Waals surface area contributed by atoms with Crippen LogP contribution in [0.4, 0.5) is 0 Å². The topological polar surface area (TPSA) is 0 Å². The summed E-state index contributed by atoms with van der Waals surface area (Å²) < 4.78 is 0.944. The maximum atomic E-state index is 6.07. The van der Waals surface area contributed by atoms with Crippen molar-refractivity contribution in [2.45, 2.75) is 13.3 Å². The third kappa shape index (κ3) is 3.00. The van der Waals surface area contributed by atoms with E-state index in [1.165, 1.54) is 5.56 Å². The van der Waals surface area contributed by atoms with Crippen LogP contribution in [0.5, 0.6) is 0 Å². The molecule has 1 aromatic rings. The number of rotatable bonds is 3. The number of halogens is 2. The Balaban J connectivity index is 2.99. The van der Waals surface area contributed by atoms with Crippen LogP contribution in [0.15, 0.2) is 42.0 Å². The predicted molar refractivity (Wildman–Crippen MR) is 67.7 cm³/mol. The van der Waals surface area contributed by atoms with Crippen LogP contribution in [0.1, 0.15) is 17.5 Å². The van der Waals surface area contributed by atoms with Gasteiger partial charge in [0, 0.05) is 15.9 Å². The highest BCUT2D eigenvalue weighted by Crippen LogP contribution is 2.29. The zero-order valence-electron chi connectivity index (χ0n) is 8.06. The van der Waals surface area contributed by atoms with E-state index in [0.717, 1.165) is 15.1 Å². The predicted octanol–water partition coefficient (Wildman–Crippen LogP) is 4.87. The van der Waals surface area contributed by atoms with Crippen LogP contribution in [0.2, 0.25) is 0 Å². The number of hydrogen-bond donors (Lipinski definition) is 0. The Hall–Kier alpha value is -0.530. The van der Waals surface area contributed by atoms with Crippen molar-refractivity contribution < 1.29 is 0 Å². The summed E-state index contributed by atoms with van der Waals surface area (Å²) >= 11 is 9.54. The molecule has 1 aromatic carbocycles. The van der Waals surface area contributed by atoms with Gasteiger partial charge in [0.05, 0.1) is 0 Å². The maximum absolute atomic E-state index is 6.07. The van der Waals surface area contributed by atoms with Crippen LogP contribution < -0.4 is 0 Å². The first-order valence-electron chi connectivity index (χ1n) is 4.37. The Morgan fingerprint density at radius 1 is 1.43 bits per heavy atom. The normalized spacial score (nSPS) is 12.2. The van der Waals surface area contributed by atoms with Crippen molar-refractivity contribution in [3.05, 3.63) is 53.1 Å². The first-order valence-corrected chi connectivity index (χ1v) is 5.54. The molecule has 0 fully saturated rings. The number of allylic oxidation sites excluding steroid dienone is 2. The molecular formula is C12H12BrCl. The summed E-state index contributed by atoms with van der Waals surface area (Å²) in [5.41, 5.74) is 2.34. The van der Waals surface area contributed by atoms with Gasteiger partial charge < -0.3 is 0 Å². The largest absolute Gasteiger partial charge is 0.103 e. The summed E-state index contributed by atoms with van der Waals surface area (Å²) in [6.45, 7) is 5.71. The molecule has 14 heavy (non-hydrogen) atoms. The minimum absolute atomic E-state index is 0.690. The Morgan fingerprint density at radius 2 is 2.00 bits per heavy atom. The molecule has 1 rings (SSSR count). The fraction of sp³-hybridized carbons (Fsp3) is 0.167. The SMILES string of the molecule is C=CC/C(Cl)=C(/Br)c1ccc(C)cc1. The fourth-order valence-corrected chi connectivity index (χ4v) is 1.72. The van der Waals surface area contributed by atoms with E-state index in [-0.39, 0.29) is 0 Å². The van der Waals surface area contributed by atoms with Gasteiger partial charge in [0.15, 0.2) is 0 Å². The van der Waals surface area contributed by atoms with Crippen LogP contribution in [0.25, 0.3) is 4.48 Å². The quantitative estimate of drug-likeness (QED) is 0.688. The van der Waals surface area contributed by atoms with Crippen molar-refractivity contribution in [1.29, 1.82) is 0 Å². The first-order chi connectivity index (χ1) is 6.65. The lowest BCUT2D eigenvalue weighted by Gasteiger charge is -2.03. The van der Waals surface area contributed by atoms with Crippen molar-refractivity contribution in [3.8, 4) is 0 Å². The van der Waals surface area contributed by atoms with E-state index >= 15 is 0 Å². The second-order valence-electron chi connectivity index (χ2n) is 3.08. The molecule has 0 saturated carbocycles. The first kappa shape index (κ1) is 11.5. The standard InChI is InChI=1S/C12H12BrCl/c1-3-4-11(14)12(13)10-7-5-9(2)6-8-10/h3,5-8H,1,4H2,2H3/b12-11-. The van der Waals surface area contributed by atoms with Crippen LogP contribution >= 0.6 is 27.5 Å². The van der Waals surface area contributed by atoms with Gasteiger partial charge in [-0.15, -0.1) is 6.58 Å². The van der Waals surface area contributed by atoms with Crippen LogP contribution in [0.3, 0.4) is 0 Å². The molecule has 0 aromatic heterocycles. The summed E-state index contributed by atoms with van der Waals surface area (Å²) in [7, 11) is 0. The number of hydrogen-bond acceptors (Lipinski definition) is 0. The number of aryl methyl sites for hydroxylation is 1. The highest BCUT2D eigenvalue weighted by atomic mass is 79.9. The smallest absolute Gasteiger partial charge is 0.0396 e. The van der Waals surface area contributed by atoms with Gasteiger partial charge in [0.1, 0.15) is 0 Å². The summed E-state index contributed by atoms with van der Waals surface area (Å²) in [6, 6.07) is 8.22.